The SMILES string of the molecule is CCc1nccn1-c1nc2sccn2c1CNC. The first kappa shape index (κ1) is 11.4. The molecule has 0 bridgehead atoms. The van der Waals surface area contributed by atoms with Gasteiger partial charge in [-0.25, -0.2) is 9.97 Å². The van der Waals surface area contributed by atoms with Crippen molar-refractivity contribution in [1.29, 1.82) is 0 Å². The molecule has 3 rings (SSSR count). The first-order valence-electron chi connectivity index (χ1n) is 5.96. The highest BCUT2D eigenvalue weighted by atomic mass is 32.1. The minimum absolute atomic E-state index is 0.786. The van der Waals surface area contributed by atoms with Crippen molar-refractivity contribution in [3.05, 3.63) is 35.5 Å². The predicted molar refractivity (Wildman–Crippen MR) is 72.3 cm³/mol. The molecule has 0 fully saturated rings. The van der Waals surface area contributed by atoms with Crippen molar-refractivity contribution < 1.29 is 0 Å². The van der Waals surface area contributed by atoms with E-state index in [1.807, 2.05) is 19.4 Å². The monoisotopic (exact) mass is 261 g/mol. The summed E-state index contributed by atoms with van der Waals surface area (Å²) in [5, 5.41) is 5.26. The zero-order chi connectivity index (χ0) is 12.5. The molecule has 3 aromatic rings. The van der Waals surface area contributed by atoms with Gasteiger partial charge in [0.25, 0.3) is 0 Å². The van der Waals surface area contributed by atoms with Crippen LogP contribution in [0.15, 0.2) is 24.0 Å². The maximum absolute atomic E-state index is 4.71. The number of imidazole rings is 2. The molecular formula is C12H15N5S. The van der Waals surface area contributed by atoms with Gasteiger partial charge in [-0.05, 0) is 7.05 Å². The van der Waals surface area contributed by atoms with Crippen LogP contribution in [-0.2, 0) is 13.0 Å². The Kier molecular flexibility index (Phi) is 2.89. The number of nitrogens with one attached hydrogen (secondary N) is 1. The fourth-order valence-electron chi connectivity index (χ4n) is 2.13. The summed E-state index contributed by atoms with van der Waals surface area (Å²) >= 11 is 1.65. The van der Waals surface area contributed by atoms with Gasteiger partial charge in [0.1, 0.15) is 5.82 Å². The molecule has 0 spiro atoms. The van der Waals surface area contributed by atoms with Crippen LogP contribution in [0.4, 0.5) is 0 Å². The van der Waals surface area contributed by atoms with E-state index >= 15 is 0 Å². The maximum Gasteiger partial charge on any atom is 0.195 e. The van der Waals surface area contributed by atoms with Crippen LogP contribution in [0.5, 0.6) is 0 Å². The number of hydrogen-bond acceptors (Lipinski definition) is 4. The molecule has 0 aliphatic carbocycles. The van der Waals surface area contributed by atoms with E-state index in [2.05, 4.69) is 37.8 Å². The summed E-state index contributed by atoms with van der Waals surface area (Å²) in [5.74, 6) is 2.02. The minimum Gasteiger partial charge on any atom is -0.314 e. The predicted octanol–water partition coefficient (Wildman–Crippen LogP) is 1.86. The Morgan fingerprint density at radius 2 is 2.28 bits per heavy atom. The molecule has 0 radical (unpaired) electrons. The van der Waals surface area contributed by atoms with Crippen LogP contribution in [-0.4, -0.2) is 26.0 Å². The Balaban J connectivity index is 2.21. The van der Waals surface area contributed by atoms with Gasteiger partial charge in [-0.3, -0.25) is 8.97 Å². The molecule has 6 heteroatoms. The lowest BCUT2D eigenvalue weighted by atomic mass is 10.4. The fourth-order valence-corrected chi connectivity index (χ4v) is 2.86. The number of hydrogen-bond donors (Lipinski definition) is 1. The Bertz CT molecular complexity index is 663. The normalized spacial score (nSPS) is 11.4. The fraction of sp³-hybridized carbons (Fsp3) is 0.333. The van der Waals surface area contributed by atoms with Gasteiger partial charge in [0.15, 0.2) is 10.8 Å². The summed E-state index contributed by atoms with van der Waals surface area (Å²) in [7, 11) is 1.95. The number of rotatable bonds is 4. The van der Waals surface area contributed by atoms with E-state index in [-0.39, 0.29) is 0 Å². The lowest BCUT2D eigenvalue weighted by Gasteiger charge is -2.06. The molecule has 0 saturated heterocycles. The van der Waals surface area contributed by atoms with E-state index in [4.69, 9.17) is 4.98 Å². The molecule has 0 aromatic carbocycles. The van der Waals surface area contributed by atoms with Crippen LogP contribution < -0.4 is 5.32 Å². The van der Waals surface area contributed by atoms with Crippen LogP contribution in [0.1, 0.15) is 18.4 Å². The van der Waals surface area contributed by atoms with Crippen molar-refractivity contribution >= 4 is 16.3 Å². The van der Waals surface area contributed by atoms with Crippen LogP contribution in [0.25, 0.3) is 10.8 Å². The van der Waals surface area contributed by atoms with Crippen molar-refractivity contribution in [3.63, 3.8) is 0 Å². The second kappa shape index (κ2) is 4.55. The topological polar surface area (TPSA) is 47.2 Å². The lowest BCUT2D eigenvalue weighted by Crippen LogP contribution is -2.11. The van der Waals surface area contributed by atoms with E-state index in [0.29, 0.717) is 0 Å². The number of thiazole rings is 1. The molecule has 94 valence electrons. The van der Waals surface area contributed by atoms with Gasteiger partial charge >= 0.3 is 0 Å². The highest BCUT2D eigenvalue weighted by Gasteiger charge is 2.15. The summed E-state index contributed by atoms with van der Waals surface area (Å²) < 4.78 is 4.21. The molecule has 3 aromatic heterocycles. The van der Waals surface area contributed by atoms with Gasteiger partial charge in [0, 0.05) is 36.9 Å². The Labute approximate surface area is 109 Å². The quantitative estimate of drug-likeness (QED) is 0.780. The number of fused-ring (bicyclic) bond motifs is 1. The van der Waals surface area contributed by atoms with Crippen LogP contribution >= 0.6 is 11.3 Å². The van der Waals surface area contributed by atoms with Crippen molar-refractivity contribution in [1.82, 2.24) is 24.3 Å². The standard InChI is InChI=1S/C12H15N5S/c1-3-10-14-4-5-17(10)11-9(8-13-2)16-6-7-18-12(16)15-11/h4-7,13H,3,8H2,1-2H3. The first-order chi connectivity index (χ1) is 8.85. The molecule has 0 atom stereocenters. The Morgan fingerprint density at radius 3 is 3.06 bits per heavy atom. The second-order valence-corrected chi connectivity index (χ2v) is 4.91. The van der Waals surface area contributed by atoms with Gasteiger partial charge in [-0.1, -0.05) is 6.92 Å². The second-order valence-electron chi connectivity index (χ2n) is 4.04. The van der Waals surface area contributed by atoms with Crippen molar-refractivity contribution in [2.45, 2.75) is 19.9 Å². The van der Waals surface area contributed by atoms with Crippen molar-refractivity contribution in [2.75, 3.05) is 7.05 Å². The zero-order valence-corrected chi connectivity index (χ0v) is 11.2. The summed E-state index contributed by atoms with van der Waals surface area (Å²) in [6, 6.07) is 0. The van der Waals surface area contributed by atoms with Gasteiger partial charge in [-0.15, -0.1) is 11.3 Å². The summed E-state index contributed by atoms with van der Waals surface area (Å²) in [6.45, 7) is 2.89. The third-order valence-corrected chi connectivity index (χ3v) is 3.70. The molecule has 0 unspecified atom stereocenters. The first-order valence-corrected chi connectivity index (χ1v) is 6.84. The van der Waals surface area contributed by atoms with Gasteiger partial charge < -0.3 is 5.32 Å². The van der Waals surface area contributed by atoms with Crippen molar-refractivity contribution in [3.8, 4) is 5.82 Å². The maximum atomic E-state index is 4.71. The van der Waals surface area contributed by atoms with Gasteiger partial charge in [0.2, 0.25) is 0 Å². The smallest absolute Gasteiger partial charge is 0.195 e. The molecule has 0 amide bonds. The van der Waals surface area contributed by atoms with Gasteiger partial charge in [0.05, 0.1) is 5.69 Å². The average molecular weight is 261 g/mol. The molecule has 3 heterocycles. The molecule has 0 saturated carbocycles. The summed E-state index contributed by atoms with van der Waals surface area (Å²) in [6.07, 6.45) is 6.77. The van der Waals surface area contributed by atoms with Crippen LogP contribution in [0.2, 0.25) is 0 Å². The number of aryl methyl sites for hydroxylation is 1. The lowest BCUT2D eigenvalue weighted by molar-refractivity contribution is 0.764. The molecule has 1 N–H and O–H groups in total. The summed E-state index contributed by atoms with van der Waals surface area (Å²) in [4.78, 5) is 10.1. The highest BCUT2D eigenvalue weighted by Crippen LogP contribution is 2.21. The number of aromatic nitrogens is 4. The van der Waals surface area contributed by atoms with E-state index in [1.165, 1.54) is 5.69 Å². The van der Waals surface area contributed by atoms with Crippen LogP contribution in [0, 0.1) is 0 Å². The van der Waals surface area contributed by atoms with E-state index in [9.17, 15) is 0 Å². The zero-order valence-electron chi connectivity index (χ0n) is 10.4. The van der Waals surface area contributed by atoms with Crippen LogP contribution in [0.3, 0.4) is 0 Å². The van der Waals surface area contributed by atoms with E-state index in [1.54, 1.807) is 11.3 Å². The molecule has 5 nitrogen and oxygen atoms in total. The highest BCUT2D eigenvalue weighted by molar-refractivity contribution is 7.15. The third kappa shape index (κ3) is 1.65. The number of nitrogens with zero attached hydrogens (tertiary/aromatic N) is 4. The Morgan fingerprint density at radius 1 is 1.39 bits per heavy atom. The largest absolute Gasteiger partial charge is 0.314 e. The average Bonchev–Trinajstić information content (AvgIpc) is 3.04. The summed E-state index contributed by atoms with van der Waals surface area (Å²) in [5.41, 5.74) is 1.17. The molecule has 0 aliphatic rings. The van der Waals surface area contributed by atoms with Crippen molar-refractivity contribution in [2.24, 2.45) is 0 Å². The molecular weight excluding hydrogens is 246 g/mol. The third-order valence-electron chi connectivity index (χ3n) is 2.95. The Hall–Kier alpha value is -1.66. The molecule has 18 heavy (non-hydrogen) atoms. The minimum atomic E-state index is 0.786. The van der Waals surface area contributed by atoms with Gasteiger partial charge in [-0.2, -0.15) is 0 Å². The molecule has 0 aliphatic heterocycles. The van der Waals surface area contributed by atoms with E-state index in [0.717, 1.165) is 29.6 Å². The van der Waals surface area contributed by atoms with E-state index < -0.39 is 0 Å².